The summed E-state index contributed by atoms with van der Waals surface area (Å²) in [5, 5.41) is 0. The molecule has 3 aliphatic rings. The Balaban J connectivity index is 1.42. The van der Waals surface area contributed by atoms with Crippen LogP contribution in [0.5, 0.6) is 0 Å². The smallest absolute Gasteiger partial charge is 0.233 e. The van der Waals surface area contributed by atoms with Crippen LogP contribution in [0.25, 0.3) is 0 Å². The van der Waals surface area contributed by atoms with Crippen molar-refractivity contribution in [3.63, 3.8) is 0 Å². The van der Waals surface area contributed by atoms with Crippen LogP contribution in [0.1, 0.15) is 69.8 Å². The highest BCUT2D eigenvalue weighted by molar-refractivity contribution is 6.05. The third kappa shape index (κ3) is 4.42. The number of nitrogens with zero attached hydrogens (tertiary/aromatic N) is 2. The summed E-state index contributed by atoms with van der Waals surface area (Å²) >= 11 is 0. The number of amides is 3. The Morgan fingerprint density at radius 1 is 0.900 bits per heavy atom. The van der Waals surface area contributed by atoms with E-state index in [9.17, 15) is 18.8 Å². The van der Waals surface area contributed by atoms with Gasteiger partial charge in [-0.2, -0.15) is 0 Å². The molecule has 2 saturated carbocycles. The molecule has 30 heavy (non-hydrogen) atoms. The van der Waals surface area contributed by atoms with Crippen LogP contribution in [0.15, 0.2) is 24.3 Å². The van der Waals surface area contributed by atoms with E-state index >= 15 is 0 Å². The average Bonchev–Trinajstić information content (AvgIpc) is 3.02. The topological polar surface area (TPSA) is 57.7 Å². The first-order chi connectivity index (χ1) is 14.5. The van der Waals surface area contributed by atoms with Gasteiger partial charge in [0.05, 0.1) is 11.8 Å². The van der Waals surface area contributed by atoms with E-state index in [1.54, 1.807) is 12.1 Å². The maximum Gasteiger partial charge on any atom is 0.233 e. The molecule has 0 N–H and O–H groups in total. The van der Waals surface area contributed by atoms with Gasteiger partial charge >= 0.3 is 0 Å². The third-order valence-corrected chi connectivity index (χ3v) is 7.08. The highest BCUT2D eigenvalue weighted by Gasteiger charge is 2.48. The van der Waals surface area contributed by atoms with Crippen LogP contribution in [-0.4, -0.2) is 40.1 Å². The Morgan fingerprint density at radius 2 is 1.47 bits per heavy atom. The molecule has 3 fully saturated rings. The number of halogens is 1. The second-order valence-corrected chi connectivity index (χ2v) is 9.02. The number of imide groups is 1. The summed E-state index contributed by atoms with van der Waals surface area (Å²) in [6.45, 7) is 0.618. The van der Waals surface area contributed by atoms with E-state index in [-0.39, 0.29) is 54.4 Å². The van der Waals surface area contributed by atoms with Gasteiger partial charge in [0.1, 0.15) is 5.82 Å². The lowest BCUT2D eigenvalue weighted by atomic mass is 9.81. The van der Waals surface area contributed by atoms with Gasteiger partial charge in [0, 0.05) is 25.6 Å². The number of likely N-dealkylation sites (tertiary alicyclic amines) is 1. The van der Waals surface area contributed by atoms with Gasteiger partial charge in [0.25, 0.3) is 0 Å². The first-order valence-corrected chi connectivity index (χ1v) is 11.4. The summed E-state index contributed by atoms with van der Waals surface area (Å²) in [6.07, 6.45) is 9.08. The normalized spacial score (nSPS) is 24.8. The van der Waals surface area contributed by atoms with Gasteiger partial charge in [0.2, 0.25) is 17.7 Å². The molecule has 1 saturated heterocycles. The molecule has 0 bridgehead atoms. The van der Waals surface area contributed by atoms with Crippen molar-refractivity contribution >= 4 is 17.7 Å². The molecule has 4 rings (SSSR count). The molecular weight excluding hydrogens is 383 g/mol. The average molecular weight is 415 g/mol. The predicted molar refractivity (Wildman–Crippen MR) is 111 cm³/mol. The van der Waals surface area contributed by atoms with E-state index in [0.29, 0.717) is 6.54 Å². The lowest BCUT2D eigenvalue weighted by Crippen LogP contribution is -2.43. The van der Waals surface area contributed by atoms with Crippen molar-refractivity contribution in [1.29, 1.82) is 0 Å². The zero-order valence-corrected chi connectivity index (χ0v) is 17.5. The van der Waals surface area contributed by atoms with Crippen LogP contribution in [0, 0.1) is 17.7 Å². The van der Waals surface area contributed by atoms with E-state index in [1.165, 1.54) is 23.5 Å². The summed E-state index contributed by atoms with van der Waals surface area (Å²) in [5.74, 6) is -0.825. The van der Waals surface area contributed by atoms with Gasteiger partial charge in [0.15, 0.2) is 0 Å². The molecule has 1 aliphatic heterocycles. The molecule has 0 radical (unpaired) electrons. The second-order valence-electron chi connectivity index (χ2n) is 9.02. The van der Waals surface area contributed by atoms with Gasteiger partial charge in [-0.1, -0.05) is 44.2 Å². The largest absolute Gasteiger partial charge is 0.335 e. The van der Waals surface area contributed by atoms with Crippen LogP contribution in [-0.2, 0) is 20.9 Å². The maximum atomic E-state index is 13.3. The molecule has 1 aromatic carbocycles. The van der Waals surface area contributed by atoms with Crippen molar-refractivity contribution in [3.05, 3.63) is 35.6 Å². The van der Waals surface area contributed by atoms with Crippen molar-refractivity contribution < 1.29 is 18.8 Å². The van der Waals surface area contributed by atoms with Gasteiger partial charge in [-0.25, -0.2) is 4.39 Å². The number of benzene rings is 1. The summed E-state index contributed by atoms with van der Waals surface area (Å²) in [5.41, 5.74) is 0.898. The van der Waals surface area contributed by atoms with E-state index in [2.05, 4.69) is 0 Å². The van der Waals surface area contributed by atoms with Crippen molar-refractivity contribution in [1.82, 2.24) is 9.80 Å². The Labute approximate surface area is 177 Å². The number of carbonyl (C=O) groups excluding carboxylic acids is 3. The fourth-order valence-electron chi connectivity index (χ4n) is 5.40. The van der Waals surface area contributed by atoms with Crippen LogP contribution >= 0.6 is 0 Å². The maximum absolute atomic E-state index is 13.3. The Kier molecular flexibility index (Phi) is 6.49. The first kappa shape index (κ1) is 21.0. The Hall–Kier alpha value is -2.24. The molecule has 162 valence electrons. The monoisotopic (exact) mass is 414 g/mol. The molecule has 2 aliphatic carbocycles. The summed E-state index contributed by atoms with van der Waals surface area (Å²) < 4.78 is 13.3. The summed E-state index contributed by atoms with van der Waals surface area (Å²) in [4.78, 5) is 41.8. The fourth-order valence-corrected chi connectivity index (χ4v) is 5.40. The van der Waals surface area contributed by atoms with Crippen molar-refractivity contribution in [2.45, 2.75) is 76.8 Å². The van der Waals surface area contributed by atoms with Crippen LogP contribution < -0.4 is 0 Å². The zero-order chi connectivity index (χ0) is 21.1. The molecule has 5 nitrogen and oxygen atoms in total. The molecule has 3 amide bonds. The fraction of sp³-hybridized carbons (Fsp3) is 0.625. The lowest BCUT2D eigenvalue weighted by molar-refractivity contribution is -0.141. The Morgan fingerprint density at radius 3 is 2.07 bits per heavy atom. The minimum atomic E-state index is -0.290. The van der Waals surface area contributed by atoms with E-state index in [1.807, 2.05) is 4.90 Å². The number of hydrogen-bond donors (Lipinski definition) is 0. The second kappa shape index (κ2) is 9.27. The molecule has 0 spiro atoms. The van der Waals surface area contributed by atoms with Gasteiger partial charge in [-0.05, 0) is 43.4 Å². The van der Waals surface area contributed by atoms with Crippen LogP contribution in [0.4, 0.5) is 4.39 Å². The predicted octanol–water partition coefficient (Wildman–Crippen LogP) is 4.05. The first-order valence-electron chi connectivity index (χ1n) is 11.4. The minimum absolute atomic E-state index is 0.0262. The molecule has 1 heterocycles. The standard InChI is InChI=1S/C24H31FN2O3/c25-18-12-10-17(11-13-18)16-27(19-6-2-1-3-7-19)22(28)14-15-26-23(29)20-8-4-5-9-21(20)24(26)30/h10-13,19-21H,1-9,14-16H2/t20-,21-/m0/s1. The molecule has 0 unspecified atom stereocenters. The van der Waals surface area contributed by atoms with Gasteiger partial charge in [-0.3, -0.25) is 19.3 Å². The summed E-state index contributed by atoms with van der Waals surface area (Å²) in [7, 11) is 0. The molecule has 1 aromatic rings. The van der Waals surface area contributed by atoms with E-state index in [0.717, 1.165) is 56.9 Å². The van der Waals surface area contributed by atoms with Gasteiger partial charge < -0.3 is 4.90 Å². The number of carbonyl (C=O) groups is 3. The molecular formula is C24H31FN2O3. The van der Waals surface area contributed by atoms with Crippen molar-refractivity contribution in [2.24, 2.45) is 11.8 Å². The number of rotatable bonds is 6. The SMILES string of the molecule is O=C1[C@H]2CCCC[C@@H]2C(=O)N1CCC(=O)N(Cc1ccc(F)cc1)C1CCCCC1. The zero-order valence-electron chi connectivity index (χ0n) is 17.5. The Bertz CT molecular complexity index is 764. The van der Waals surface area contributed by atoms with Crippen LogP contribution in [0.2, 0.25) is 0 Å². The number of fused-ring (bicyclic) bond motifs is 1. The van der Waals surface area contributed by atoms with Crippen molar-refractivity contribution in [3.8, 4) is 0 Å². The quantitative estimate of drug-likeness (QED) is 0.660. The van der Waals surface area contributed by atoms with Crippen LogP contribution in [0.3, 0.4) is 0 Å². The molecule has 6 heteroatoms. The minimum Gasteiger partial charge on any atom is -0.335 e. The highest BCUT2D eigenvalue weighted by Crippen LogP contribution is 2.38. The van der Waals surface area contributed by atoms with E-state index < -0.39 is 0 Å². The van der Waals surface area contributed by atoms with Gasteiger partial charge in [-0.15, -0.1) is 0 Å². The van der Waals surface area contributed by atoms with Crippen molar-refractivity contribution in [2.75, 3.05) is 6.54 Å². The molecule has 0 aromatic heterocycles. The third-order valence-electron chi connectivity index (χ3n) is 7.08. The lowest BCUT2D eigenvalue weighted by Gasteiger charge is -2.35. The highest BCUT2D eigenvalue weighted by atomic mass is 19.1. The molecule has 2 atom stereocenters. The number of hydrogen-bond acceptors (Lipinski definition) is 3. The summed E-state index contributed by atoms with van der Waals surface area (Å²) in [6, 6.07) is 6.45. The van der Waals surface area contributed by atoms with E-state index in [4.69, 9.17) is 0 Å².